The first-order valence-corrected chi connectivity index (χ1v) is 3.23. The van der Waals surface area contributed by atoms with Gasteiger partial charge in [-0.05, 0) is 5.56 Å². The number of hydrogen-bond donors (Lipinski definition) is 0. The van der Waals surface area contributed by atoms with Crippen molar-refractivity contribution in [1.82, 2.24) is 0 Å². The molecule has 1 aromatic rings. The lowest BCUT2D eigenvalue weighted by Crippen LogP contribution is -1.76. The van der Waals surface area contributed by atoms with E-state index < -0.39 is 0 Å². The molecule has 1 rings (SSSR count). The Bertz CT molecular complexity index is 204. The minimum absolute atomic E-state index is 0.692. The van der Waals surface area contributed by atoms with Crippen molar-refractivity contribution in [3.63, 3.8) is 0 Å². The van der Waals surface area contributed by atoms with E-state index in [-0.39, 0.29) is 0 Å². The molecule has 0 N–H and O–H groups in total. The summed E-state index contributed by atoms with van der Waals surface area (Å²) in [7, 11) is 1.68. The summed E-state index contributed by atoms with van der Waals surface area (Å²) >= 11 is 0. The quantitative estimate of drug-likeness (QED) is 0.554. The molecule has 10 heavy (non-hydrogen) atoms. The van der Waals surface area contributed by atoms with Gasteiger partial charge in [0.25, 0.3) is 0 Å². The predicted molar refractivity (Wildman–Crippen MR) is 40.9 cm³/mol. The molecule has 0 radical (unpaired) electrons. The SMILES string of the molecule is C/N=N\Cc1ccccc1. The lowest BCUT2D eigenvalue weighted by molar-refractivity contribution is 0.934. The second-order valence-electron chi connectivity index (χ2n) is 1.99. The average molecular weight is 134 g/mol. The monoisotopic (exact) mass is 134 g/mol. The van der Waals surface area contributed by atoms with E-state index in [1.54, 1.807) is 7.05 Å². The molecule has 0 heterocycles. The fourth-order valence-electron chi connectivity index (χ4n) is 0.736. The average Bonchev–Trinajstić information content (AvgIpc) is 2.03. The number of hydrogen-bond acceptors (Lipinski definition) is 2. The molecular weight excluding hydrogens is 124 g/mol. The van der Waals surface area contributed by atoms with Crippen molar-refractivity contribution < 1.29 is 0 Å². The second-order valence-corrected chi connectivity index (χ2v) is 1.99. The molecule has 0 aliphatic rings. The Balaban J connectivity index is 2.59. The van der Waals surface area contributed by atoms with Crippen molar-refractivity contribution in [3.8, 4) is 0 Å². The van der Waals surface area contributed by atoms with E-state index in [1.807, 2.05) is 30.3 Å². The fraction of sp³-hybridized carbons (Fsp3) is 0.250. The molecule has 0 spiro atoms. The van der Waals surface area contributed by atoms with Crippen LogP contribution >= 0.6 is 0 Å². The van der Waals surface area contributed by atoms with Crippen LogP contribution in [-0.2, 0) is 6.54 Å². The Morgan fingerprint density at radius 1 is 1.20 bits per heavy atom. The van der Waals surface area contributed by atoms with E-state index in [2.05, 4.69) is 10.2 Å². The largest absolute Gasteiger partial charge is 0.197 e. The highest BCUT2D eigenvalue weighted by atomic mass is 15.1. The summed E-state index contributed by atoms with van der Waals surface area (Å²) < 4.78 is 0. The second kappa shape index (κ2) is 3.77. The van der Waals surface area contributed by atoms with Gasteiger partial charge in [-0.1, -0.05) is 30.3 Å². The molecule has 0 aromatic heterocycles. The number of benzene rings is 1. The van der Waals surface area contributed by atoms with E-state index in [4.69, 9.17) is 0 Å². The molecule has 2 nitrogen and oxygen atoms in total. The maximum Gasteiger partial charge on any atom is 0.0849 e. The highest BCUT2D eigenvalue weighted by molar-refractivity contribution is 5.13. The summed E-state index contributed by atoms with van der Waals surface area (Å²) in [4.78, 5) is 0. The maximum atomic E-state index is 3.87. The van der Waals surface area contributed by atoms with Crippen molar-refractivity contribution in [3.05, 3.63) is 35.9 Å². The highest BCUT2D eigenvalue weighted by Crippen LogP contribution is 1.99. The van der Waals surface area contributed by atoms with Crippen LogP contribution in [0.1, 0.15) is 5.56 Å². The molecule has 0 aliphatic carbocycles. The lowest BCUT2D eigenvalue weighted by atomic mass is 10.2. The lowest BCUT2D eigenvalue weighted by Gasteiger charge is -1.91. The summed E-state index contributed by atoms with van der Waals surface area (Å²) in [6.45, 7) is 0.692. The van der Waals surface area contributed by atoms with Gasteiger partial charge in [0.15, 0.2) is 0 Å². The molecule has 0 atom stereocenters. The third-order valence-corrected chi connectivity index (χ3v) is 1.24. The fourth-order valence-corrected chi connectivity index (χ4v) is 0.736. The molecule has 1 aromatic carbocycles. The van der Waals surface area contributed by atoms with E-state index in [1.165, 1.54) is 5.56 Å². The van der Waals surface area contributed by atoms with Gasteiger partial charge < -0.3 is 0 Å². The maximum absolute atomic E-state index is 3.87. The molecule has 2 heteroatoms. The zero-order chi connectivity index (χ0) is 7.23. The van der Waals surface area contributed by atoms with Gasteiger partial charge in [-0.15, -0.1) is 0 Å². The van der Waals surface area contributed by atoms with Gasteiger partial charge in [0.05, 0.1) is 6.54 Å². The molecule has 0 fully saturated rings. The van der Waals surface area contributed by atoms with Gasteiger partial charge in [0.1, 0.15) is 0 Å². The summed E-state index contributed by atoms with van der Waals surface area (Å²) in [5.74, 6) is 0. The Labute approximate surface area is 60.6 Å². The predicted octanol–water partition coefficient (Wildman–Crippen LogP) is 2.27. The molecule has 0 saturated carbocycles. The summed E-state index contributed by atoms with van der Waals surface area (Å²) in [6.07, 6.45) is 0. The topological polar surface area (TPSA) is 24.7 Å². The minimum Gasteiger partial charge on any atom is -0.197 e. The molecule has 0 unspecified atom stereocenters. The van der Waals surface area contributed by atoms with Crippen LogP contribution in [0.25, 0.3) is 0 Å². The van der Waals surface area contributed by atoms with Gasteiger partial charge >= 0.3 is 0 Å². The highest BCUT2D eigenvalue weighted by Gasteiger charge is 1.84. The normalized spacial score (nSPS) is 10.5. The molecule has 0 bridgehead atoms. The molecular formula is C8H10N2. The first kappa shape index (κ1) is 6.93. The van der Waals surface area contributed by atoms with E-state index in [0.29, 0.717) is 6.54 Å². The molecule has 0 amide bonds. The van der Waals surface area contributed by atoms with Crippen molar-refractivity contribution in [1.29, 1.82) is 0 Å². The van der Waals surface area contributed by atoms with Gasteiger partial charge in [-0.3, -0.25) is 0 Å². The van der Waals surface area contributed by atoms with Crippen LogP contribution in [-0.4, -0.2) is 7.05 Å². The van der Waals surface area contributed by atoms with Crippen molar-refractivity contribution in [2.45, 2.75) is 6.54 Å². The van der Waals surface area contributed by atoms with Gasteiger partial charge in [-0.25, -0.2) is 0 Å². The standard InChI is InChI=1S/C8H10N2/c1-9-10-7-8-5-3-2-4-6-8/h2-6H,7H2,1H3/b10-9-. The van der Waals surface area contributed by atoms with E-state index in [9.17, 15) is 0 Å². The third-order valence-electron chi connectivity index (χ3n) is 1.24. The van der Waals surface area contributed by atoms with Crippen molar-refractivity contribution in [2.75, 3.05) is 7.05 Å². The van der Waals surface area contributed by atoms with Gasteiger partial charge in [0, 0.05) is 7.05 Å². The van der Waals surface area contributed by atoms with Crippen LogP contribution < -0.4 is 0 Å². The van der Waals surface area contributed by atoms with Crippen molar-refractivity contribution >= 4 is 0 Å². The van der Waals surface area contributed by atoms with Crippen LogP contribution in [0.3, 0.4) is 0 Å². The van der Waals surface area contributed by atoms with Crippen LogP contribution in [0.15, 0.2) is 40.6 Å². The Morgan fingerprint density at radius 2 is 1.90 bits per heavy atom. The Morgan fingerprint density at radius 3 is 2.50 bits per heavy atom. The third kappa shape index (κ3) is 1.97. The number of azo groups is 1. The summed E-state index contributed by atoms with van der Waals surface area (Å²) in [6, 6.07) is 10.1. The van der Waals surface area contributed by atoms with E-state index in [0.717, 1.165) is 0 Å². The number of nitrogens with zero attached hydrogens (tertiary/aromatic N) is 2. The van der Waals surface area contributed by atoms with Gasteiger partial charge in [-0.2, -0.15) is 10.2 Å². The van der Waals surface area contributed by atoms with E-state index >= 15 is 0 Å². The summed E-state index contributed by atoms with van der Waals surface area (Å²) in [5.41, 5.74) is 1.20. The number of rotatable bonds is 2. The summed E-state index contributed by atoms with van der Waals surface area (Å²) in [5, 5.41) is 7.52. The molecule has 0 saturated heterocycles. The minimum atomic E-state index is 0.692. The Hall–Kier alpha value is -1.18. The molecule has 52 valence electrons. The van der Waals surface area contributed by atoms with Crippen LogP contribution in [0, 0.1) is 0 Å². The zero-order valence-corrected chi connectivity index (χ0v) is 5.99. The smallest absolute Gasteiger partial charge is 0.0849 e. The van der Waals surface area contributed by atoms with Crippen molar-refractivity contribution in [2.24, 2.45) is 10.2 Å². The first-order chi connectivity index (χ1) is 4.93. The first-order valence-electron chi connectivity index (χ1n) is 3.23. The van der Waals surface area contributed by atoms with Crippen LogP contribution in [0.5, 0.6) is 0 Å². The molecule has 0 aliphatic heterocycles. The van der Waals surface area contributed by atoms with Crippen LogP contribution in [0.4, 0.5) is 0 Å². The Kier molecular flexibility index (Phi) is 2.62. The van der Waals surface area contributed by atoms with Gasteiger partial charge in [0.2, 0.25) is 0 Å². The zero-order valence-electron chi connectivity index (χ0n) is 5.99. The van der Waals surface area contributed by atoms with Crippen LogP contribution in [0.2, 0.25) is 0 Å².